The molecule has 0 spiro atoms. The highest BCUT2D eigenvalue weighted by atomic mass is 16.5. The van der Waals surface area contributed by atoms with E-state index in [1.807, 2.05) is 48.5 Å². The highest BCUT2D eigenvalue weighted by Crippen LogP contribution is 2.20. The zero-order valence-electron chi connectivity index (χ0n) is 19.3. The minimum absolute atomic E-state index is 0.00568. The number of pyridine rings is 1. The van der Waals surface area contributed by atoms with E-state index in [1.165, 1.54) is 0 Å². The third-order valence-corrected chi connectivity index (χ3v) is 4.84. The Morgan fingerprint density at radius 2 is 1.91 bits per heavy atom. The molecule has 0 aliphatic heterocycles. The number of hydrogen-bond donors (Lipinski definition) is 2. The van der Waals surface area contributed by atoms with Gasteiger partial charge >= 0.3 is 6.01 Å². The Bertz CT molecular complexity index is 1010. The highest BCUT2D eigenvalue weighted by Gasteiger charge is 2.12. The molecule has 3 rings (SSSR count). The van der Waals surface area contributed by atoms with Gasteiger partial charge in [-0.3, -0.25) is 10.4 Å². The van der Waals surface area contributed by atoms with Crippen LogP contribution in [0.15, 0.2) is 59.8 Å². The molecule has 8 heteroatoms. The molecule has 2 aromatic heterocycles. The molecule has 1 aromatic carbocycles. The predicted octanol–water partition coefficient (Wildman–Crippen LogP) is 4.06. The molecule has 0 saturated carbocycles. The number of rotatable bonds is 13. The van der Waals surface area contributed by atoms with Crippen LogP contribution in [-0.4, -0.2) is 46.0 Å². The second-order valence-corrected chi connectivity index (χ2v) is 7.57. The fraction of sp³-hybridized carbons (Fsp3) is 0.360. The summed E-state index contributed by atoms with van der Waals surface area (Å²) in [5.74, 6) is 1.36. The summed E-state index contributed by atoms with van der Waals surface area (Å²) in [4.78, 5) is 15.7. The number of nitrogens with one attached hydrogen (secondary N) is 1. The molecule has 0 bridgehead atoms. The number of aliphatic hydroxyl groups excluding tert-OH is 1. The van der Waals surface area contributed by atoms with Crippen molar-refractivity contribution in [1.29, 1.82) is 0 Å². The van der Waals surface area contributed by atoms with Gasteiger partial charge in [0.05, 0.1) is 19.4 Å². The SMILES string of the molecule is CCCN(CCC)c1cc(N/N=C/c2cccc(CO)c2)nc(OCCc2ccccn2)n1. The Balaban J connectivity index is 1.75. The Labute approximate surface area is 195 Å². The van der Waals surface area contributed by atoms with Gasteiger partial charge < -0.3 is 14.7 Å². The normalized spacial score (nSPS) is 11.0. The Kier molecular flexibility index (Phi) is 9.60. The van der Waals surface area contributed by atoms with Crippen molar-refractivity contribution in [3.63, 3.8) is 0 Å². The number of ether oxygens (including phenoxy) is 1. The second-order valence-electron chi connectivity index (χ2n) is 7.57. The lowest BCUT2D eigenvalue weighted by Gasteiger charge is -2.23. The van der Waals surface area contributed by atoms with Gasteiger partial charge in [-0.05, 0) is 42.2 Å². The average Bonchev–Trinajstić information content (AvgIpc) is 2.85. The average molecular weight is 449 g/mol. The van der Waals surface area contributed by atoms with E-state index in [9.17, 15) is 5.11 Å². The standard InChI is InChI=1S/C25H32N6O2/c1-3-13-31(14-4-2)24-17-23(30-27-18-20-8-7-9-21(16-20)19-32)28-25(29-24)33-15-11-22-10-5-6-12-26-22/h5-10,12,16-18,32H,3-4,11,13-15,19H2,1-2H3,(H,28,29,30)/b27-18+. The van der Waals surface area contributed by atoms with Crippen LogP contribution in [-0.2, 0) is 13.0 Å². The molecule has 0 amide bonds. The Morgan fingerprint density at radius 3 is 2.64 bits per heavy atom. The van der Waals surface area contributed by atoms with Gasteiger partial charge in [0.2, 0.25) is 0 Å². The first-order valence-corrected chi connectivity index (χ1v) is 11.4. The number of nitrogens with zero attached hydrogens (tertiary/aromatic N) is 5. The Hall–Kier alpha value is -3.52. The first-order chi connectivity index (χ1) is 16.2. The van der Waals surface area contributed by atoms with Crippen molar-refractivity contribution in [2.45, 2.75) is 39.7 Å². The number of benzene rings is 1. The van der Waals surface area contributed by atoms with Crippen molar-refractivity contribution >= 4 is 17.9 Å². The van der Waals surface area contributed by atoms with Crippen molar-refractivity contribution in [2.75, 3.05) is 30.0 Å². The number of hydrogen-bond acceptors (Lipinski definition) is 8. The van der Waals surface area contributed by atoms with Crippen LogP contribution in [0.1, 0.15) is 43.5 Å². The van der Waals surface area contributed by atoms with Crippen molar-refractivity contribution in [2.24, 2.45) is 5.10 Å². The minimum atomic E-state index is -0.00568. The van der Waals surface area contributed by atoms with Gasteiger partial charge in [0.1, 0.15) is 5.82 Å². The monoisotopic (exact) mass is 448 g/mol. The van der Waals surface area contributed by atoms with E-state index in [4.69, 9.17) is 4.74 Å². The summed E-state index contributed by atoms with van der Waals surface area (Å²) in [6, 6.07) is 15.6. The first-order valence-electron chi connectivity index (χ1n) is 11.4. The topological polar surface area (TPSA) is 95.8 Å². The zero-order chi connectivity index (χ0) is 23.3. The van der Waals surface area contributed by atoms with Gasteiger partial charge in [-0.15, -0.1) is 0 Å². The summed E-state index contributed by atoms with van der Waals surface area (Å²) in [5, 5.41) is 13.6. The summed E-state index contributed by atoms with van der Waals surface area (Å²) in [6.45, 7) is 6.52. The molecular weight excluding hydrogens is 416 g/mol. The van der Waals surface area contributed by atoms with Crippen LogP contribution < -0.4 is 15.1 Å². The van der Waals surface area contributed by atoms with Crippen LogP contribution in [0.3, 0.4) is 0 Å². The molecule has 3 aromatic rings. The van der Waals surface area contributed by atoms with Crippen LogP contribution >= 0.6 is 0 Å². The smallest absolute Gasteiger partial charge is 0.320 e. The van der Waals surface area contributed by atoms with E-state index >= 15 is 0 Å². The van der Waals surface area contributed by atoms with Crippen LogP contribution in [0.2, 0.25) is 0 Å². The summed E-state index contributed by atoms with van der Waals surface area (Å²) in [5.41, 5.74) is 5.67. The van der Waals surface area contributed by atoms with Gasteiger partial charge in [0.15, 0.2) is 5.82 Å². The van der Waals surface area contributed by atoms with Crippen LogP contribution in [0.4, 0.5) is 11.6 Å². The second kappa shape index (κ2) is 13.1. The van der Waals surface area contributed by atoms with Gasteiger partial charge in [-0.25, -0.2) is 0 Å². The van der Waals surface area contributed by atoms with Crippen LogP contribution in [0.5, 0.6) is 6.01 Å². The fourth-order valence-corrected chi connectivity index (χ4v) is 3.32. The maximum atomic E-state index is 9.31. The van der Waals surface area contributed by atoms with E-state index in [2.05, 4.69) is 44.2 Å². The predicted molar refractivity (Wildman–Crippen MR) is 132 cm³/mol. The molecular formula is C25H32N6O2. The summed E-state index contributed by atoms with van der Waals surface area (Å²) >= 11 is 0. The number of aromatic nitrogens is 3. The third kappa shape index (κ3) is 7.84. The van der Waals surface area contributed by atoms with Gasteiger partial charge in [-0.1, -0.05) is 38.1 Å². The molecule has 2 N–H and O–H groups in total. The van der Waals surface area contributed by atoms with E-state index in [-0.39, 0.29) is 6.61 Å². The van der Waals surface area contributed by atoms with Gasteiger partial charge in [0, 0.05) is 37.5 Å². The molecule has 33 heavy (non-hydrogen) atoms. The van der Waals surface area contributed by atoms with Crippen molar-refractivity contribution in [3.05, 3.63) is 71.5 Å². The Morgan fingerprint density at radius 1 is 1.06 bits per heavy atom. The fourth-order valence-electron chi connectivity index (χ4n) is 3.32. The lowest BCUT2D eigenvalue weighted by molar-refractivity contribution is 0.282. The van der Waals surface area contributed by atoms with Crippen molar-refractivity contribution in [3.8, 4) is 6.01 Å². The van der Waals surface area contributed by atoms with E-state index in [0.29, 0.717) is 24.9 Å². The van der Waals surface area contributed by atoms with Gasteiger partial charge in [-0.2, -0.15) is 15.1 Å². The summed E-state index contributed by atoms with van der Waals surface area (Å²) < 4.78 is 5.88. The highest BCUT2D eigenvalue weighted by molar-refractivity contribution is 5.80. The number of anilines is 2. The summed E-state index contributed by atoms with van der Waals surface area (Å²) in [7, 11) is 0. The summed E-state index contributed by atoms with van der Waals surface area (Å²) in [6.07, 6.45) is 6.17. The lowest BCUT2D eigenvalue weighted by atomic mass is 10.1. The molecule has 2 heterocycles. The lowest BCUT2D eigenvalue weighted by Crippen LogP contribution is -2.26. The van der Waals surface area contributed by atoms with Crippen LogP contribution in [0.25, 0.3) is 0 Å². The zero-order valence-corrected chi connectivity index (χ0v) is 19.3. The maximum Gasteiger partial charge on any atom is 0.320 e. The van der Waals surface area contributed by atoms with Crippen molar-refractivity contribution in [1.82, 2.24) is 15.0 Å². The van der Waals surface area contributed by atoms with Crippen molar-refractivity contribution < 1.29 is 9.84 Å². The van der Waals surface area contributed by atoms with Crippen LogP contribution in [0, 0.1) is 0 Å². The molecule has 174 valence electrons. The van der Waals surface area contributed by atoms with E-state index in [1.54, 1.807) is 12.4 Å². The first kappa shape index (κ1) is 24.1. The third-order valence-electron chi connectivity index (χ3n) is 4.84. The maximum absolute atomic E-state index is 9.31. The molecule has 0 aliphatic carbocycles. The number of aliphatic hydroxyl groups is 1. The molecule has 0 saturated heterocycles. The molecule has 0 atom stereocenters. The van der Waals surface area contributed by atoms with Gasteiger partial charge in [0.25, 0.3) is 0 Å². The van der Waals surface area contributed by atoms with E-state index in [0.717, 1.165) is 48.6 Å². The molecule has 0 aliphatic rings. The van der Waals surface area contributed by atoms with E-state index < -0.39 is 0 Å². The molecule has 0 unspecified atom stereocenters. The molecule has 8 nitrogen and oxygen atoms in total. The quantitative estimate of drug-likeness (QED) is 0.301. The number of hydrazone groups is 1. The largest absolute Gasteiger partial charge is 0.463 e. The molecule has 0 fully saturated rings. The molecule has 0 radical (unpaired) electrons. The minimum Gasteiger partial charge on any atom is -0.463 e.